The second-order valence-electron chi connectivity index (χ2n) is 7.89. The smallest absolute Gasteiger partial charge is 0.221 e. The van der Waals surface area contributed by atoms with Crippen LogP contribution in [0.1, 0.15) is 29.5 Å². The third kappa shape index (κ3) is 8.55. The average Bonchev–Trinajstić information content (AvgIpc) is 2.78. The van der Waals surface area contributed by atoms with Gasteiger partial charge >= 0.3 is 0 Å². The van der Waals surface area contributed by atoms with Crippen LogP contribution in [0.15, 0.2) is 47.6 Å². The molecule has 1 aliphatic heterocycles. The lowest BCUT2D eigenvalue weighted by Gasteiger charge is -2.31. The SMILES string of the molecule is CN=C(NCCc1ccc(Cl)nc1)NCc1cccc(CN2CCCC(C(N)=O)C2)c1.I. The van der Waals surface area contributed by atoms with E-state index in [1.807, 2.05) is 6.07 Å². The molecule has 3 rings (SSSR count). The number of guanidine groups is 1. The van der Waals surface area contributed by atoms with Gasteiger partial charge in [0.2, 0.25) is 5.91 Å². The summed E-state index contributed by atoms with van der Waals surface area (Å²) < 4.78 is 0. The number of carbonyl (C=O) groups excluding carboxylic acids is 1. The number of likely N-dealkylation sites (tertiary alicyclic amines) is 1. The predicted octanol–water partition coefficient (Wildman–Crippen LogP) is 2.96. The number of aromatic nitrogens is 1. The zero-order valence-corrected chi connectivity index (χ0v) is 21.5. The van der Waals surface area contributed by atoms with Crippen LogP contribution >= 0.6 is 35.6 Å². The molecule has 1 amide bonds. The second kappa shape index (κ2) is 13.6. The van der Waals surface area contributed by atoms with Crippen molar-refractivity contribution >= 4 is 47.4 Å². The quantitative estimate of drug-likeness (QED) is 0.196. The molecule has 0 aliphatic carbocycles. The number of hydrogen-bond acceptors (Lipinski definition) is 4. The average molecular weight is 571 g/mol. The summed E-state index contributed by atoms with van der Waals surface area (Å²) in [5, 5.41) is 7.19. The van der Waals surface area contributed by atoms with E-state index < -0.39 is 0 Å². The molecule has 0 radical (unpaired) electrons. The van der Waals surface area contributed by atoms with E-state index in [4.69, 9.17) is 17.3 Å². The molecule has 4 N–H and O–H groups in total. The summed E-state index contributed by atoms with van der Waals surface area (Å²) in [5.74, 6) is 0.540. The van der Waals surface area contributed by atoms with Gasteiger partial charge in [-0.2, -0.15) is 0 Å². The lowest BCUT2D eigenvalue weighted by Crippen LogP contribution is -2.40. The molecule has 0 bridgehead atoms. The third-order valence-corrected chi connectivity index (χ3v) is 5.71. The maximum Gasteiger partial charge on any atom is 0.221 e. The molecule has 0 spiro atoms. The van der Waals surface area contributed by atoms with Crippen molar-refractivity contribution in [3.8, 4) is 0 Å². The van der Waals surface area contributed by atoms with Crippen LogP contribution in [-0.2, 0) is 24.3 Å². The predicted molar refractivity (Wildman–Crippen MR) is 140 cm³/mol. The summed E-state index contributed by atoms with van der Waals surface area (Å²) in [6, 6.07) is 12.3. The summed E-state index contributed by atoms with van der Waals surface area (Å²) in [6.07, 6.45) is 4.54. The molecule has 174 valence electrons. The van der Waals surface area contributed by atoms with Crippen LogP contribution in [0.3, 0.4) is 0 Å². The molecule has 9 heteroatoms. The van der Waals surface area contributed by atoms with E-state index in [1.165, 1.54) is 11.1 Å². The standard InChI is InChI=1S/C23H31ClN6O.HI/c1-26-23(27-10-9-17-7-8-21(24)28-13-17)29-14-18-4-2-5-19(12-18)15-30-11-3-6-20(16-30)22(25)31;/h2,4-5,7-8,12-13,20H,3,6,9-11,14-16H2,1H3,(H2,25,31)(H2,26,27,29);1H. The van der Waals surface area contributed by atoms with Crippen molar-refractivity contribution in [1.82, 2.24) is 20.5 Å². The van der Waals surface area contributed by atoms with E-state index in [0.717, 1.165) is 57.0 Å². The number of nitrogens with zero attached hydrogens (tertiary/aromatic N) is 3. The highest BCUT2D eigenvalue weighted by atomic mass is 127. The van der Waals surface area contributed by atoms with Crippen molar-refractivity contribution < 1.29 is 4.79 Å². The lowest BCUT2D eigenvalue weighted by molar-refractivity contribution is -0.123. The molecule has 1 aromatic heterocycles. The fraction of sp³-hybridized carbons (Fsp3) is 0.435. The molecule has 2 heterocycles. The van der Waals surface area contributed by atoms with Gasteiger partial charge in [0.25, 0.3) is 0 Å². The first-order chi connectivity index (χ1) is 15.0. The Balaban J connectivity index is 0.00000363. The van der Waals surface area contributed by atoms with Crippen molar-refractivity contribution in [2.75, 3.05) is 26.7 Å². The van der Waals surface area contributed by atoms with Crippen LogP contribution in [0, 0.1) is 5.92 Å². The van der Waals surface area contributed by atoms with Gasteiger partial charge < -0.3 is 16.4 Å². The molecular formula is C23H32ClIN6O. The van der Waals surface area contributed by atoms with Gasteiger partial charge in [0.1, 0.15) is 5.15 Å². The Labute approximate surface area is 212 Å². The number of rotatable bonds is 8. The minimum atomic E-state index is -0.186. The number of nitrogens with two attached hydrogens (primary N) is 1. The maximum atomic E-state index is 11.5. The first-order valence-corrected chi connectivity index (χ1v) is 11.1. The van der Waals surface area contributed by atoms with E-state index in [-0.39, 0.29) is 35.8 Å². The molecular weight excluding hydrogens is 539 g/mol. The van der Waals surface area contributed by atoms with Gasteiger partial charge in [-0.15, -0.1) is 24.0 Å². The molecule has 32 heavy (non-hydrogen) atoms. The second-order valence-corrected chi connectivity index (χ2v) is 8.28. The highest BCUT2D eigenvalue weighted by Gasteiger charge is 2.23. The topological polar surface area (TPSA) is 95.6 Å². The fourth-order valence-electron chi connectivity index (χ4n) is 3.81. The monoisotopic (exact) mass is 570 g/mol. The van der Waals surface area contributed by atoms with Gasteiger partial charge in [0, 0.05) is 39.4 Å². The Kier molecular flexibility index (Phi) is 11.2. The van der Waals surface area contributed by atoms with Crippen molar-refractivity contribution in [3.05, 3.63) is 64.4 Å². The van der Waals surface area contributed by atoms with Crippen LogP contribution < -0.4 is 16.4 Å². The first kappa shape index (κ1) is 26.3. The summed E-state index contributed by atoms with van der Waals surface area (Å²) in [5.41, 5.74) is 9.05. The first-order valence-electron chi connectivity index (χ1n) is 10.7. The van der Waals surface area contributed by atoms with Crippen LogP contribution in [0.25, 0.3) is 0 Å². The largest absolute Gasteiger partial charge is 0.369 e. The number of halogens is 2. The fourth-order valence-corrected chi connectivity index (χ4v) is 3.93. The maximum absolute atomic E-state index is 11.5. The number of piperidine rings is 1. The number of hydrogen-bond donors (Lipinski definition) is 3. The van der Waals surface area contributed by atoms with E-state index in [0.29, 0.717) is 11.7 Å². The third-order valence-electron chi connectivity index (χ3n) is 5.48. The highest BCUT2D eigenvalue weighted by molar-refractivity contribution is 14.0. The Hall–Kier alpha value is -1.91. The molecule has 1 fully saturated rings. The number of carbonyl (C=O) groups is 1. The zero-order valence-electron chi connectivity index (χ0n) is 18.4. The number of aliphatic imine (C=N–C) groups is 1. The van der Waals surface area contributed by atoms with Gasteiger partial charge in [0.15, 0.2) is 5.96 Å². The molecule has 2 aromatic rings. The van der Waals surface area contributed by atoms with Gasteiger partial charge in [-0.05, 0) is 48.6 Å². The Morgan fingerprint density at radius 3 is 2.78 bits per heavy atom. The van der Waals surface area contributed by atoms with Crippen molar-refractivity contribution in [3.63, 3.8) is 0 Å². The molecule has 1 atom stereocenters. The Bertz CT molecular complexity index is 892. The number of primary amides is 1. The molecule has 0 saturated carbocycles. The van der Waals surface area contributed by atoms with Crippen molar-refractivity contribution in [2.24, 2.45) is 16.6 Å². The number of pyridine rings is 1. The Morgan fingerprint density at radius 1 is 1.25 bits per heavy atom. The van der Waals surface area contributed by atoms with E-state index in [9.17, 15) is 4.79 Å². The van der Waals surface area contributed by atoms with E-state index >= 15 is 0 Å². The van der Waals surface area contributed by atoms with Gasteiger partial charge in [0.05, 0.1) is 5.92 Å². The van der Waals surface area contributed by atoms with Crippen molar-refractivity contribution in [2.45, 2.75) is 32.4 Å². The summed E-state index contributed by atoms with van der Waals surface area (Å²) in [7, 11) is 1.76. The normalized spacial score (nSPS) is 16.8. The zero-order chi connectivity index (χ0) is 22.1. The molecule has 1 unspecified atom stereocenters. The Morgan fingerprint density at radius 2 is 2.06 bits per heavy atom. The minimum Gasteiger partial charge on any atom is -0.369 e. The highest BCUT2D eigenvalue weighted by Crippen LogP contribution is 2.18. The van der Waals surface area contributed by atoms with Crippen LogP contribution in [0.5, 0.6) is 0 Å². The van der Waals surface area contributed by atoms with Crippen molar-refractivity contribution in [1.29, 1.82) is 0 Å². The van der Waals surface area contributed by atoms with Gasteiger partial charge in [-0.3, -0.25) is 14.7 Å². The number of benzene rings is 1. The molecule has 1 aliphatic rings. The summed E-state index contributed by atoms with van der Waals surface area (Å²) in [6.45, 7) is 4.02. The molecule has 1 aromatic carbocycles. The summed E-state index contributed by atoms with van der Waals surface area (Å²) in [4.78, 5) is 22.2. The van der Waals surface area contributed by atoms with E-state index in [2.05, 4.69) is 49.8 Å². The van der Waals surface area contributed by atoms with Gasteiger partial charge in [-0.25, -0.2) is 4.98 Å². The van der Waals surface area contributed by atoms with Crippen LogP contribution in [0.2, 0.25) is 5.15 Å². The minimum absolute atomic E-state index is 0. The van der Waals surface area contributed by atoms with Crippen LogP contribution in [0.4, 0.5) is 0 Å². The van der Waals surface area contributed by atoms with Gasteiger partial charge in [-0.1, -0.05) is 41.9 Å². The summed E-state index contributed by atoms with van der Waals surface area (Å²) >= 11 is 5.83. The molecule has 1 saturated heterocycles. The van der Waals surface area contributed by atoms with E-state index in [1.54, 1.807) is 19.3 Å². The van der Waals surface area contributed by atoms with Crippen LogP contribution in [-0.4, -0.2) is 48.4 Å². The number of amides is 1. The lowest BCUT2D eigenvalue weighted by atomic mass is 9.97. The number of nitrogens with one attached hydrogen (secondary N) is 2. The molecule has 7 nitrogen and oxygen atoms in total.